The molecular weight excluding hydrogens is 266 g/mol. The second kappa shape index (κ2) is 3.67. The van der Waals surface area contributed by atoms with Gasteiger partial charge >= 0.3 is 0 Å². The molecule has 0 unspecified atom stereocenters. The maximum Gasteiger partial charge on any atom is 0.178 e. The second-order valence-corrected chi connectivity index (χ2v) is 4.40. The van der Waals surface area contributed by atoms with E-state index in [0.717, 1.165) is 4.47 Å². The summed E-state index contributed by atoms with van der Waals surface area (Å²) < 4.78 is 6.08. The van der Waals surface area contributed by atoms with Crippen molar-refractivity contribution >= 4 is 33.0 Å². The summed E-state index contributed by atoms with van der Waals surface area (Å²) in [6, 6.07) is 1.80. The van der Waals surface area contributed by atoms with Crippen molar-refractivity contribution in [3.05, 3.63) is 27.9 Å². The smallest absolute Gasteiger partial charge is 0.178 e. The summed E-state index contributed by atoms with van der Waals surface area (Å²) in [6.07, 6.45) is 1.58. The first-order valence-corrected chi connectivity index (χ1v) is 5.55. The molecule has 0 atom stereocenters. The van der Waals surface area contributed by atoms with Crippen LogP contribution < -0.4 is 0 Å². The van der Waals surface area contributed by atoms with Gasteiger partial charge in [-0.25, -0.2) is 4.98 Å². The number of ketones is 1. The lowest BCUT2D eigenvalue weighted by molar-refractivity contribution is 0.101. The number of carbonyl (C=O) groups is 1. The number of halogens is 1. The quantitative estimate of drug-likeness (QED) is 0.787. The van der Waals surface area contributed by atoms with Gasteiger partial charge in [-0.05, 0) is 22.0 Å². The van der Waals surface area contributed by atoms with Crippen LogP contribution in [0.4, 0.5) is 0 Å². The fraction of sp³-hybridized carbons (Fsp3) is 0.111. The largest absolute Gasteiger partial charge is 0.461 e. The molecule has 0 radical (unpaired) electrons. The highest BCUT2D eigenvalue weighted by atomic mass is 79.9. The first kappa shape index (κ1) is 9.61. The standard InChI is InChI=1S/C9H6BrNO2S/c1-5(12)7-4-14-9(11-7)8-6(10)2-3-13-8/h2-4H,1H3. The average molecular weight is 272 g/mol. The lowest BCUT2D eigenvalue weighted by Crippen LogP contribution is -1.90. The molecule has 2 aromatic rings. The Bertz CT molecular complexity index is 475. The molecule has 2 aromatic heterocycles. The molecule has 72 valence electrons. The van der Waals surface area contributed by atoms with Crippen LogP contribution >= 0.6 is 27.3 Å². The molecule has 0 bridgehead atoms. The van der Waals surface area contributed by atoms with E-state index in [0.29, 0.717) is 16.5 Å². The van der Waals surface area contributed by atoms with Gasteiger partial charge in [0.1, 0.15) is 5.69 Å². The zero-order valence-electron chi connectivity index (χ0n) is 7.28. The summed E-state index contributed by atoms with van der Waals surface area (Å²) in [4.78, 5) is 15.2. The van der Waals surface area contributed by atoms with E-state index >= 15 is 0 Å². The molecule has 0 saturated heterocycles. The van der Waals surface area contributed by atoms with Crippen molar-refractivity contribution in [1.82, 2.24) is 4.98 Å². The van der Waals surface area contributed by atoms with Crippen molar-refractivity contribution in [1.29, 1.82) is 0 Å². The van der Waals surface area contributed by atoms with Crippen LogP contribution in [0.2, 0.25) is 0 Å². The molecule has 0 amide bonds. The van der Waals surface area contributed by atoms with Crippen LogP contribution in [0, 0.1) is 0 Å². The van der Waals surface area contributed by atoms with Gasteiger partial charge in [-0.15, -0.1) is 11.3 Å². The van der Waals surface area contributed by atoms with Crippen LogP contribution in [0.1, 0.15) is 17.4 Å². The molecule has 14 heavy (non-hydrogen) atoms. The number of rotatable bonds is 2. The summed E-state index contributed by atoms with van der Waals surface area (Å²) in [5.41, 5.74) is 0.480. The Hall–Kier alpha value is -0.940. The Labute approximate surface area is 92.9 Å². The number of nitrogens with zero attached hydrogens (tertiary/aromatic N) is 1. The molecule has 5 heteroatoms. The Morgan fingerprint density at radius 3 is 2.93 bits per heavy atom. The van der Waals surface area contributed by atoms with E-state index in [1.807, 2.05) is 0 Å². The Morgan fingerprint density at radius 2 is 2.43 bits per heavy atom. The molecular formula is C9H6BrNO2S. The maximum atomic E-state index is 11.0. The first-order valence-electron chi connectivity index (χ1n) is 3.88. The van der Waals surface area contributed by atoms with Gasteiger partial charge in [-0.1, -0.05) is 0 Å². The van der Waals surface area contributed by atoms with Crippen LogP contribution in [0.25, 0.3) is 10.8 Å². The number of thiazole rings is 1. The number of carbonyl (C=O) groups excluding carboxylic acids is 1. The van der Waals surface area contributed by atoms with Crippen LogP contribution in [-0.2, 0) is 0 Å². The van der Waals surface area contributed by atoms with E-state index in [9.17, 15) is 4.79 Å². The van der Waals surface area contributed by atoms with Gasteiger partial charge in [-0.2, -0.15) is 0 Å². The monoisotopic (exact) mass is 271 g/mol. The highest BCUT2D eigenvalue weighted by Crippen LogP contribution is 2.31. The van der Waals surface area contributed by atoms with Crippen molar-refractivity contribution in [3.8, 4) is 10.8 Å². The van der Waals surface area contributed by atoms with Gasteiger partial charge < -0.3 is 4.42 Å². The number of Topliss-reactive ketones (excluding diaryl/α,β-unsaturated/α-hetero) is 1. The van der Waals surface area contributed by atoms with Gasteiger partial charge in [0.15, 0.2) is 16.6 Å². The molecule has 0 aliphatic rings. The maximum absolute atomic E-state index is 11.0. The Balaban J connectivity index is 2.43. The number of aromatic nitrogens is 1. The molecule has 0 spiro atoms. The minimum absolute atomic E-state index is 0.0322. The van der Waals surface area contributed by atoms with E-state index in [-0.39, 0.29) is 5.78 Å². The molecule has 0 N–H and O–H groups in total. The minimum Gasteiger partial charge on any atom is -0.461 e. The van der Waals surface area contributed by atoms with Gasteiger partial charge in [0.2, 0.25) is 0 Å². The summed E-state index contributed by atoms with van der Waals surface area (Å²) >= 11 is 4.73. The summed E-state index contributed by atoms with van der Waals surface area (Å²) in [5.74, 6) is 0.637. The van der Waals surface area contributed by atoms with Crippen molar-refractivity contribution in [2.45, 2.75) is 6.92 Å². The molecule has 0 aromatic carbocycles. The highest BCUT2D eigenvalue weighted by molar-refractivity contribution is 9.10. The third-order valence-electron chi connectivity index (χ3n) is 1.68. The first-order chi connectivity index (χ1) is 6.68. The third kappa shape index (κ3) is 1.65. The number of hydrogen-bond donors (Lipinski definition) is 0. The Kier molecular flexibility index (Phi) is 2.52. The zero-order valence-corrected chi connectivity index (χ0v) is 9.68. The zero-order chi connectivity index (χ0) is 10.1. The van der Waals surface area contributed by atoms with Gasteiger partial charge in [-0.3, -0.25) is 4.79 Å². The topological polar surface area (TPSA) is 43.1 Å². The second-order valence-electron chi connectivity index (χ2n) is 2.69. The fourth-order valence-corrected chi connectivity index (χ4v) is 2.36. The average Bonchev–Trinajstić information content (AvgIpc) is 2.71. The summed E-state index contributed by atoms with van der Waals surface area (Å²) in [6.45, 7) is 1.50. The molecule has 0 aliphatic heterocycles. The van der Waals surface area contributed by atoms with Crippen LogP contribution in [-0.4, -0.2) is 10.8 Å². The van der Waals surface area contributed by atoms with E-state index in [1.165, 1.54) is 18.3 Å². The molecule has 2 heterocycles. The lowest BCUT2D eigenvalue weighted by atomic mass is 10.3. The molecule has 2 rings (SSSR count). The highest BCUT2D eigenvalue weighted by Gasteiger charge is 2.12. The predicted octanol–water partition coefficient (Wildman–Crippen LogP) is 3.37. The van der Waals surface area contributed by atoms with Gasteiger partial charge in [0.25, 0.3) is 0 Å². The molecule has 0 saturated carbocycles. The van der Waals surface area contributed by atoms with E-state index in [1.54, 1.807) is 17.7 Å². The van der Waals surface area contributed by atoms with E-state index in [4.69, 9.17) is 4.42 Å². The summed E-state index contributed by atoms with van der Waals surface area (Å²) in [5, 5.41) is 2.44. The Morgan fingerprint density at radius 1 is 1.64 bits per heavy atom. The summed E-state index contributed by atoms with van der Waals surface area (Å²) in [7, 11) is 0. The van der Waals surface area contributed by atoms with Crippen molar-refractivity contribution in [2.75, 3.05) is 0 Å². The lowest BCUT2D eigenvalue weighted by Gasteiger charge is -1.89. The molecule has 3 nitrogen and oxygen atoms in total. The van der Waals surface area contributed by atoms with Gasteiger partial charge in [0, 0.05) is 12.3 Å². The third-order valence-corrected chi connectivity index (χ3v) is 3.14. The van der Waals surface area contributed by atoms with Crippen molar-refractivity contribution in [3.63, 3.8) is 0 Å². The number of hydrogen-bond acceptors (Lipinski definition) is 4. The molecule has 0 fully saturated rings. The fourth-order valence-electron chi connectivity index (χ4n) is 0.986. The normalized spacial score (nSPS) is 10.4. The van der Waals surface area contributed by atoms with Gasteiger partial charge in [0.05, 0.1) is 10.7 Å². The van der Waals surface area contributed by atoms with Crippen molar-refractivity contribution in [2.24, 2.45) is 0 Å². The SMILES string of the molecule is CC(=O)c1csc(-c2occc2Br)n1. The number of furan rings is 1. The minimum atomic E-state index is -0.0322. The predicted molar refractivity (Wildman–Crippen MR) is 57.5 cm³/mol. The van der Waals surface area contributed by atoms with E-state index < -0.39 is 0 Å². The van der Waals surface area contributed by atoms with Crippen LogP contribution in [0.3, 0.4) is 0 Å². The van der Waals surface area contributed by atoms with Crippen molar-refractivity contribution < 1.29 is 9.21 Å². The van der Waals surface area contributed by atoms with Crippen LogP contribution in [0.5, 0.6) is 0 Å². The van der Waals surface area contributed by atoms with Crippen LogP contribution in [0.15, 0.2) is 26.6 Å². The van der Waals surface area contributed by atoms with E-state index in [2.05, 4.69) is 20.9 Å². The molecule has 0 aliphatic carbocycles.